The Bertz CT molecular complexity index is 958. The number of nitriles is 1. The number of nitrogens with zero attached hydrogens (tertiary/aromatic N) is 4. The van der Waals surface area contributed by atoms with Gasteiger partial charge in [-0.15, -0.1) is 0 Å². The lowest BCUT2D eigenvalue weighted by Crippen LogP contribution is -2.36. The number of morpholine rings is 1. The highest BCUT2D eigenvalue weighted by molar-refractivity contribution is 5.84. The minimum atomic E-state index is 0. The van der Waals surface area contributed by atoms with E-state index in [1.54, 1.807) is 12.4 Å². The lowest BCUT2D eigenvalue weighted by atomic mass is 9.97. The molecule has 3 heterocycles. The standard InChI is InChI=1S/C20H19N5O.H2/c1-14-19(20(24-23-14)15-4-6-22-7-5-15)16-2-3-18(17(12-16)13-21)25-8-10-26-11-9-25;/h2-7,12H,8-11H2,1H3,(H,23,24);1H. The molecule has 6 heteroatoms. The minimum absolute atomic E-state index is 0. The number of rotatable bonds is 3. The molecule has 26 heavy (non-hydrogen) atoms. The number of aryl methyl sites for hydroxylation is 1. The Hall–Kier alpha value is -3.17. The molecule has 1 aromatic carbocycles. The highest BCUT2D eigenvalue weighted by Gasteiger charge is 2.19. The van der Waals surface area contributed by atoms with E-state index >= 15 is 0 Å². The predicted octanol–water partition coefficient (Wildman–Crippen LogP) is 3.40. The van der Waals surface area contributed by atoms with Gasteiger partial charge in [-0.1, -0.05) is 6.07 Å². The Kier molecular flexibility index (Phi) is 4.38. The van der Waals surface area contributed by atoms with Crippen LogP contribution in [0, 0.1) is 18.3 Å². The summed E-state index contributed by atoms with van der Waals surface area (Å²) in [6, 6.07) is 12.3. The maximum Gasteiger partial charge on any atom is 0.101 e. The van der Waals surface area contributed by atoms with E-state index in [0.717, 1.165) is 46.9 Å². The highest BCUT2D eigenvalue weighted by Crippen LogP contribution is 2.35. The van der Waals surface area contributed by atoms with Crippen LogP contribution in [0.15, 0.2) is 42.7 Å². The third-order valence-electron chi connectivity index (χ3n) is 4.66. The van der Waals surface area contributed by atoms with Gasteiger partial charge in [0.05, 0.1) is 24.5 Å². The van der Waals surface area contributed by atoms with Gasteiger partial charge in [0.2, 0.25) is 0 Å². The predicted molar refractivity (Wildman–Crippen MR) is 102 cm³/mol. The van der Waals surface area contributed by atoms with E-state index in [2.05, 4.69) is 32.2 Å². The third kappa shape index (κ3) is 2.93. The molecule has 0 saturated carbocycles. The molecule has 0 atom stereocenters. The zero-order chi connectivity index (χ0) is 17.9. The fourth-order valence-corrected chi connectivity index (χ4v) is 3.36. The largest absolute Gasteiger partial charge is 0.378 e. The molecule has 1 fully saturated rings. The van der Waals surface area contributed by atoms with Crippen molar-refractivity contribution < 1.29 is 6.16 Å². The highest BCUT2D eigenvalue weighted by atomic mass is 16.5. The van der Waals surface area contributed by atoms with E-state index < -0.39 is 0 Å². The van der Waals surface area contributed by atoms with Crippen LogP contribution in [0.1, 0.15) is 12.7 Å². The molecule has 0 radical (unpaired) electrons. The number of benzene rings is 1. The van der Waals surface area contributed by atoms with E-state index in [1.807, 2.05) is 31.2 Å². The number of anilines is 1. The first-order chi connectivity index (χ1) is 12.8. The van der Waals surface area contributed by atoms with Crippen molar-refractivity contribution >= 4 is 5.69 Å². The molecule has 0 aliphatic carbocycles. The van der Waals surface area contributed by atoms with E-state index in [0.29, 0.717) is 18.8 Å². The maximum absolute atomic E-state index is 9.69. The smallest absolute Gasteiger partial charge is 0.101 e. The van der Waals surface area contributed by atoms with Gasteiger partial charge in [-0.25, -0.2) is 0 Å². The molecule has 0 spiro atoms. The summed E-state index contributed by atoms with van der Waals surface area (Å²) in [4.78, 5) is 6.28. The van der Waals surface area contributed by atoms with Crippen LogP contribution >= 0.6 is 0 Å². The molecule has 1 aliphatic heterocycles. The zero-order valence-corrected chi connectivity index (χ0v) is 14.6. The first-order valence-electron chi connectivity index (χ1n) is 8.60. The molecule has 0 bridgehead atoms. The van der Waals surface area contributed by atoms with Crippen LogP contribution in [0.5, 0.6) is 0 Å². The second kappa shape index (κ2) is 6.98. The Balaban J connectivity index is 0.00000210. The average Bonchev–Trinajstić information content (AvgIpc) is 3.10. The van der Waals surface area contributed by atoms with Crippen molar-refractivity contribution in [2.24, 2.45) is 0 Å². The monoisotopic (exact) mass is 347 g/mol. The summed E-state index contributed by atoms with van der Waals surface area (Å²) < 4.78 is 5.42. The topological polar surface area (TPSA) is 77.8 Å². The van der Waals surface area contributed by atoms with Gasteiger partial charge in [0, 0.05) is 43.7 Å². The fraction of sp³-hybridized carbons (Fsp3) is 0.250. The van der Waals surface area contributed by atoms with Crippen molar-refractivity contribution in [2.45, 2.75) is 6.92 Å². The molecule has 1 aliphatic rings. The number of hydrogen-bond acceptors (Lipinski definition) is 5. The molecule has 1 saturated heterocycles. The number of nitrogens with one attached hydrogen (secondary N) is 1. The van der Waals surface area contributed by atoms with Crippen LogP contribution in [0.3, 0.4) is 0 Å². The molecule has 132 valence electrons. The molecular formula is C20H21N5O. The number of ether oxygens (including phenoxy) is 1. The van der Waals surface area contributed by atoms with Crippen molar-refractivity contribution in [3.63, 3.8) is 0 Å². The molecular weight excluding hydrogens is 326 g/mol. The summed E-state index contributed by atoms with van der Waals surface area (Å²) >= 11 is 0. The summed E-state index contributed by atoms with van der Waals surface area (Å²) in [7, 11) is 0. The SMILES string of the molecule is Cc1[nH]nc(-c2ccncc2)c1-c1ccc(N2CCOCC2)c(C#N)c1.[HH]. The van der Waals surface area contributed by atoms with Crippen LogP contribution < -0.4 is 4.90 Å². The van der Waals surface area contributed by atoms with Crippen molar-refractivity contribution in [3.8, 4) is 28.5 Å². The van der Waals surface area contributed by atoms with E-state index in [9.17, 15) is 5.26 Å². The van der Waals surface area contributed by atoms with Gasteiger partial charge >= 0.3 is 0 Å². The average molecular weight is 347 g/mol. The minimum Gasteiger partial charge on any atom is -0.378 e. The van der Waals surface area contributed by atoms with E-state index in [-0.39, 0.29) is 1.43 Å². The Labute approximate surface area is 153 Å². The van der Waals surface area contributed by atoms with Crippen molar-refractivity contribution in [3.05, 3.63) is 54.0 Å². The van der Waals surface area contributed by atoms with Crippen LogP contribution in [0.2, 0.25) is 0 Å². The second-order valence-corrected chi connectivity index (χ2v) is 6.25. The van der Waals surface area contributed by atoms with Crippen LogP contribution in [-0.4, -0.2) is 41.5 Å². The molecule has 3 aromatic rings. The summed E-state index contributed by atoms with van der Waals surface area (Å²) in [5.74, 6) is 0. The quantitative estimate of drug-likeness (QED) is 0.786. The summed E-state index contributed by atoms with van der Waals surface area (Å²) in [5.41, 5.74) is 6.47. The Morgan fingerprint density at radius 1 is 1.15 bits per heavy atom. The van der Waals surface area contributed by atoms with Gasteiger partial charge in [-0.05, 0) is 36.8 Å². The zero-order valence-electron chi connectivity index (χ0n) is 14.6. The van der Waals surface area contributed by atoms with E-state index in [1.165, 1.54) is 0 Å². The summed E-state index contributed by atoms with van der Waals surface area (Å²) in [5, 5.41) is 17.2. The van der Waals surface area contributed by atoms with Gasteiger partial charge in [0.25, 0.3) is 0 Å². The van der Waals surface area contributed by atoms with Gasteiger partial charge in [-0.2, -0.15) is 10.4 Å². The number of aromatic amines is 1. The lowest BCUT2D eigenvalue weighted by molar-refractivity contribution is 0.122. The summed E-state index contributed by atoms with van der Waals surface area (Å²) in [6.07, 6.45) is 3.51. The van der Waals surface area contributed by atoms with Crippen LogP contribution in [-0.2, 0) is 4.74 Å². The van der Waals surface area contributed by atoms with Gasteiger partial charge in [0.1, 0.15) is 11.8 Å². The Morgan fingerprint density at radius 2 is 1.92 bits per heavy atom. The first kappa shape index (κ1) is 16.3. The normalized spacial score (nSPS) is 14.2. The maximum atomic E-state index is 9.69. The van der Waals surface area contributed by atoms with Crippen molar-refractivity contribution in [1.29, 1.82) is 5.26 Å². The van der Waals surface area contributed by atoms with Crippen LogP contribution in [0.4, 0.5) is 5.69 Å². The van der Waals surface area contributed by atoms with Crippen molar-refractivity contribution in [1.82, 2.24) is 15.2 Å². The lowest BCUT2D eigenvalue weighted by Gasteiger charge is -2.29. The van der Waals surface area contributed by atoms with Gasteiger partial charge in [-0.3, -0.25) is 10.1 Å². The number of aromatic nitrogens is 3. The molecule has 0 amide bonds. The Morgan fingerprint density at radius 3 is 2.65 bits per heavy atom. The summed E-state index contributed by atoms with van der Waals surface area (Å²) in [6.45, 7) is 5.00. The van der Waals surface area contributed by atoms with E-state index in [4.69, 9.17) is 4.74 Å². The van der Waals surface area contributed by atoms with Crippen LogP contribution in [0.25, 0.3) is 22.4 Å². The fourth-order valence-electron chi connectivity index (χ4n) is 3.36. The third-order valence-corrected chi connectivity index (χ3v) is 4.66. The molecule has 0 unspecified atom stereocenters. The second-order valence-electron chi connectivity index (χ2n) is 6.25. The molecule has 6 nitrogen and oxygen atoms in total. The number of pyridine rings is 1. The first-order valence-corrected chi connectivity index (χ1v) is 8.60. The molecule has 4 rings (SSSR count). The molecule has 2 aromatic heterocycles. The van der Waals surface area contributed by atoms with Gasteiger partial charge in [0.15, 0.2) is 0 Å². The number of H-pyrrole nitrogens is 1. The molecule has 1 N–H and O–H groups in total. The van der Waals surface area contributed by atoms with Crippen molar-refractivity contribution in [2.75, 3.05) is 31.2 Å². The number of hydrogen-bond donors (Lipinski definition) is 1. The van der Waals surface area contributed by atoms with Gasteiger partial charge < -0.3 is 9.64 Å².